The van der Waals surface area contributed by atoms with E-state index in [0.29, 0.717) is 11.3 Å². The maximum atomic E-state index is 12.7. The number of aromatic nitrogens is 1. The summed E-state index contributed by atoms with van der Waals surface area (Å²) in [5.41, 5.74) is 0.102. The summed E-state index contributed by atoms with van der Waals surface area (Å²) >= 11 is 1.16. The zero-order chi connectivity index (χ0) is 20.3. The van der Waals surface area contributed by atoms with Gasteiger partial charge in [0, 0.05) is 6.07 Å². The Morgan fingerprint density at radius 2 is 1.93 bits per heavy atom. The monoisotopic (exact) mass is 401 g/mol. The zero-order valence-corrected chi connectivity index (χ0v) is 15.8. The fourth-order valence-electron chi connectivity index (χ4n) is 2.65. The van der Waals surface area contributed by atoms with Crippen LogP contribution in [0.5, 0.6) is 5.75 Å². The van der Waals surface area contributed by atoms with Crippen LogP contribution in [0.25, 0.3) is 10.2 Å². The number of benzene rings is 2. The molecule has 1 amide bonds. The third-order valence-corrected chi connectivity index (χ3v) is 4.97. The number of fused-ring (bicyclic) bond motifs is 1. The number of carbonyl (C=O) groups is 2. The van der Waals surface area contributed by atoms with Crippen molar-refractivity contribution in [2.75, 3.05) is 14.2 Å². The fourth-order valence-corrected chi connectivity index (χ4v) is 3.69. The number of amides is 1. The summed E-state index contributed by atoms with van der Waals surface area (Å²) in [7, 11) is 2.74. The number of thiazole rings is 1. The molecule has 0 N–H and O–H groups in total. The highest BCUT2D eigenvalue weighted by atomic mass is 32.1. The van der Waals surface area contributed by atoms with Gasteiger partial charge < -0.3 is 14.0 Å². The SMILES string of the molecule is COC(=O)Cn1c(=NC(=O)c2ccccc2[N+](=O)[O-])sc2cccc(OC)c21. The van der Waals surface area contributed by atoms with Crippen molar-refractivity contribution in [2.24, 2.45) is 4.99 Å². The molecule has 28 heavy (non-hydrogen) atoms. The average Bonchev–Trinajstić information content (AvgIpc) is 3.04. The molecule has 0 atom stereocenters. The van der Waals surface area contributed by atoms with E-state index < -0.39 is 16.8 Å². The normalized spacial score (nSPS) is 11.4. The van der Waals surface area contributed by atoms with E-state index in [4.69, 9.17) is 9.47 Å². The molecule has 0 bridgehead atoms. The maximum Gasteiger partial charge on any atom is 0.325 e. The molecule has 1 heterocycles. The second-order valence-corrected chi connectivity index (χ2v) is 6.55. The number of hydrogen-bond donors (Lipinski definition) is 0. The van der Waals surface area contributed by atoms with Crippen molar-refractivity contribution < 1.29 is 24.0 Å². The molecular formula is C18H15N3O6S. The Morgan fingerprint density at radius 3 is 2.61 bits per heavy atom. The van der Waals surface area contributed by atoms with Crippen LogP contribution in [0.4, 0.5) is 5.69 Å². The molecule has 0 fully saturated rings. The quantitative estimate of drug-likeness (QED) is 0.369. The zero-order valence-electron chi connectivity index (χ0n) is 14.9. The van der Waals surface area contributed by atoms with Crippen molar-refractivity contribution in [3.63, 3.8) is 0 Å². The number of carbonyl (C=O) groups excluding carboxylic acids is 2. The smallest absolute Gasteiger partial charge is 0.325 e. The topological polar surface area (TPSA) is 113 Å². The third kappa shape index (κ3) is 3.62. The second-order valence-electron chi connectivity index (χ2n) is 5.55. The molecule has 2 aromatic carbocycles. The number of hydrogen-bond acceptors (Lipinski definition) is 7. The van der Waals surface area contributed by atoms with Gasteiger partial charge in [-0.2, -0.15) is 4.99 Å². The van der Waals surface area contributed by atoms with Crippen LogP contribution in [0, 0.1) is 10.1 Å². The standard InChI is InChI=1S/C18H15N3O6S/c1-26-13-8-5-9-14-16(13)20(10-15(22)27-2)18(28-14)19-17(23)11-6-3-4-7-12(11)21(24)25/h3-9H,10H2,1-2H3. The molecule has 9 nitrogen and oxygen atoms in total. The molecule has 0 aliphatic rings. The van der Waals surface area contributed by atoms with Crippen LogP contribution in [-0.2, 0) is 16.1 Å². The van der Waals surface area contributed by atoms with Gasteiger partial charge in [-0.1, -0.05) is 29.5 Å². The largest absolute Gasteiger partial charge is 0.495 e. The lowest BCUT2D eigenvalue weighted by Crippen LogP contribution is -2.22. The lowest BCUT2D eigenvalue weighted by Gasteiger charge is -2.07. The molecule has 1 aromatic heterocycles. The summed E-state index contributed by atoms with van der Waals surface area (Å²) in [6, 6.07) is 10.8. The molecule has 0 aliphatic carbocycles. The minimum absolute atomic E-state index is 0.137. The minimum Gasteiger partial charge on any atom is -0.495 e. The number of rotatable bonds is 5. The summed E-state index contributed by atoms with van der Waals surface area (Å²) in [6.45, 7) is -0.195. The predicted molar refractivity (Wildman–Crippen MR) is 101 cm³/mol. The maximum absolute atomic E-state index is 12.7. The Hall–Kier alpha value is -3.53. The highest BCUT2D eigenvalue weighted by Crippen LogP contribution is 2.27. The molecule has 10 heteroatoms. The first-order chi connectivity index (χ1) is 13.5. The first-order valence-electron chi connectivity index (χ1n) is 8.02. The van der Waals surface area contributed by atoms with Gasteiger partial charge in [-0.25, -0.2) is 0 Å². The van der Waals surface area contributed by atoms with E-state index in [2.05, 4.69) is 4.99 Å². The summed E-state index contributed by atoms with van der Waals surface area (Å²) < 4.78 is 12.3. The summed E-state index contributed by atoms with van der Waals surface area (Å²) in [5.74, 6) is -0.820. The van der Waals surface area contributed by atoms with Crippen molar-refractivity contribution in [2.45, 2.75) is 6.54 Å². The van der Waals surface area contributed by atoms with Crippen molar-refractivity contribution in [1.82, 2.24) is 4.57 Å². The number of nitro groups is 1. The highest BCUT2D eigenvalue weighted by Gasteiger charge is 2.20. The van der Waals surface area contributed by atoms with Gasteiger partial charge in [0.25, 0.3) is 11.6 Å². The summed E-state index contributed by atoms with van der Waals surface area (Å²) in [6.07, 6.45) is 0. The molecule has 0 aliphatic heterocycles. The van der Waals surface area contributed by atoms with Crippen LogP contribution in [0.15, 0.2) is 47.5 Å². The second kappa shape index (κ2) is 8.01. The molecule has 0 saturated carbocycles. The highest BCUT2D eigenvalue weighted by molar-refractivity contribution is 7.16. The van der Waals surface area contributed by atoms with Gasteiger partial charge in [-0.3, -0.25) is 19.7 Å². The van der Waals surface area contributed by atoms with Crippen molar-refractivity contribution in [1.29, 1.82) is 0 Å². The molecule has 3 rings (SSSR count). The summed E-state index contributed by atoms with van der Waals surface area (Å²) in [5, 5.41) is 11.2. The van der Waals surface area contributed by atoms with Gasteiger partial charge in [0.05, 0.1) is 23.8 Å². The van der Waals surface area contributed by atoms with E-state index in [1.165, 1.54) is 43.1 Å². The van der Waals surface area contributed by atoms with Crippen LogP contribution in [0.1, 0.15) is 10.4 Å². The Labute approximate surface area is 162 Å². The molecule has 0 radical (unpaired) electrons. The van der Waals surface area contributed by atoms with E-state index in [9.17, 15) is 19.7 Å². The van der Waals surface area contributed by atoms with E-state index in [1.807, 2.05) is 0 Å². The molecule has 0 saturated heterocycles. The van der Waals surface area contributed by atoms with E-state index in [0.717, 1.165) is 16.0 Å². The van der Waals surface area contributed by atoms with Gasteiger partial charge in [0.2, 0.25) is 0 Å². The Kier molecular flexibility index (Phi) is 5.50. The van der Waals surface area contributed by atoms with Crippen LogP contribution in [0.3, 0.4) is 0 Å². The molecule has 0 unspecified atom stereocenters. The Balaban J connectivity index is 2.22. The van der Waals surface area contributed by atoms with Crippen molar-refractivity contribution in [3.8, 4) is 5.75 Å². The van der Waals surface area contributed by atoms with Gasteiger partial charge in [-0.15, -0.1) is 0 Å². The number of para-hydroxylation sites is 2. The van der Waals surface area contributed by atoms with Crippen molar-refractivity contribution in [3.05, 3.63) is 62.9 Å². The number of ether oxygens (including phenoxy) is 2. The van der Waals surface area contributed by atoms with E-state index in [1.54, 1.807) is 18.2 Å². The van der Waals surface area contributed by atoms with Crippen LogP contribution in [0.2, 0.25) is 0 Å². The van der Waals surface area contributed by atoms with Crippen LogP contribution in [-0.4, -0.2) is 35.6 Å². The number of esters is 1. The molecule has 0 spiro atoms. The van der Waals surface area contributed by atoms with Gasteiger partial charge in [0.15, 0.2) is 4.80 Å². The minimum atomic E-state index is -0.781. The Bertz CT molecular complexity index is 1150. The lowest BCUT2D eigenvalue weighted by molar-refractivity contribution is -0.385. The lowest BCUT2D eigenvalue weighted by atomic mass is 10.2. The first-order valence-corrected chi connectivity index (χ1v) is 8.83. The first kappa shape index (κ1) is 19.2. The third-order valence-electron chi connectivity index (χ3n) is 3.93. The summed E-state index contributed by atoms with van der Waals surface area (Å²) in [4.78, 5) is 39.3. The van der Waals surface area contributed by atoms with Crippen molar-refractivity contribution >= 4 is 39.1 Å². The average molecular weight is 401 g/mol. The van der Waals surface area contributed by atoms with Gasteiger partial charge in [-0.05, 0) is 18.2 Å². The van der Waals surface area contributed by atoms with E-state index in [-0.39, 0.29) is 22.6 Å². The fraction of sp³-hybridized carbons (Fsp3) is 0.167. The van der Waals surface area contributed by atoms with Crippen LogP contribution >= 0.6 is 11.3 Å². The number of nitrogens with zero attached hydrogens (tertiary/aromatic N) is 3. The number of nitro benzene ring substituents is 1. The molecule has 144 valence electrons. The van der Waals surface area contributed by atoms with Gasteiger partial charge >= 0.3 is 5.97 Å². The molecular weight excluding hydrogens is 386 g/mol. The van der Waals surface area contributed by atoms with Crippen LogP contribution < -0.4 is 9.54 Å². The van der Waals surface area contributed by atoms with E-state index >= 15 is 0 Å². The van der Waals surface area contributed by atoms with Gasteiger partial charge in [0.1, 0.15) is 23.4 Å². The number of methoxy groups -OCH3 is 2. The predicted octanol–water partition coefficient (Wildman–Crippen LogP) is 2.53. The molecule has 3 aromatic rings. The Morgan fingerprint density at radius 1 is 1.18 bits per heavy atom.